The first-order valence-electron chi connectivity index (χ1n) is 12.7. The van der Waals surface area contributed by atoms with Crippen molar-refractivity contribution in [2.75, 3.05) is 52.8 Å². The highest BCUT2D eigenvalue weighted by Crippen LogP contribution is 2.40. The summed E-state index contributed by atoms with van der Waals surface area (Å²) >= 11 is 6.01. The molecule has 13 heteroatoms. The van der Waals surface area contributed by atoms with E-state index in [9.17, 15) is 13.2 Å². The van der Waals surface area contributed by atoms with Gasteiger partial charge < -0.3 is 24.8 Å². The number of carbonyl (C=O) groups excluding carboxylic acids is 1. The highest BCUT2D eigenvalue weighted by molar-refractivity contribution is 7.86. The molecule has 2 aliphatic rings. The standard InChI is InChI=1S/C26H36ClN5O6S/c1-36-23-13-20(14-24(37-2)25(23)38-3)29-26(33)30-21-15-32(39(28,34)35)16-22(21)31-10-8-18(9-11-31)12-17-4-6-19(27)7-5-17/h4-7,13-14,18,21-22H,8-12,15-16H2,1-3H3,(H2,28,34,35)(H2,29,30,33). The Hall–Kier alpha value is -2.77. The summed E-state index contributed by atoms with van der Waals surface area (Å²) in [5, 5.41) is 11.9. The molecule has 2 fully saturated rings. The molecule has 0 aromatic heterocycles. The molecule has 0 aliphatic carbocycles. The first-order valence-corrected chi connectivity index (χ1v) is 14.6. The smallest absolute Gasteiger partial charge is 0.319 e. The molecule has 214 valence electrons. The largest absolute Gasteiger partial charge is 0.493 e. The summed E-state index contributed by atoms with van der Waals surface area (Å²) in [7, 11) is 0.575. The molecule has 0 bridgehead atoms. The molecule has 2 heterocycles. The molecular formula is C26H36ClN5O6S. The maximum atomic E-state index is 13.0. The number of nitrogens with two attached hydrogens (primary N) is 1. The van der Waals surface area contributed by atoms with E-state index in [0.717, 1.165) is 37.4 Å². The Labute approximate surface area is 234 Å². The van der Waals surface area contributed by atoms with Crippen LogP contribution in [0.2, 0.25) is 5.02 Å². The number of piperidine rings is 1. The van der Waals surface area contributed by atoms with Gasteiger partial charge in [0.15, 0.2) is 11.5 Å². The van der Waals surface area contributed by atoms with Gasteiger partial charge in [-0.25, -0.2) is 9.93 Å². The van der Waals surface area contributed by atoms with E-state index in [4.69, 9.17) is 31.0 Å². The fraction of sp³-hybridized carbons (Fsp3) is 0.500. The topological polar surface area (TPSA) is 135 Å². The number of anilines is 1. The van der Waals surface area contributed by atoms with Crippen LogP contribution in [0.4, 0.5) is 10.5 Å². The van der Waals surface area contributed by atoms with E-state index in [-0.39, 0.29) is 19.1 Å². The lowest BCUT2D eigenvalue weighted by atomic mass is 9.89. The lowest BCUT2D eigenvalue weighted by Crippen LogP contribution is -2.54. The molecule has 2 unspecified atom stereocenters. The van der Waals surface area contributed by atoms with Crippen molar-refractivity contribution in [1.29, 1.82) is 0 Å². The second-order valence-corrected chi connectivity index (χ2v) is 11.8. The number of halogens is 1. The van der Waals surface area contributed by atoms with Crippen LogP contribution in [0.1, 0.15) is 18.4 Å². The molecule has 2 aliphatic heterocycles. The van der Waals surface area contributed by atoms with Gasteiger partial charge in [0.1, 0.15) is 0 Å². The van der Waals surface area contributed by atoms with Crippen LogP contribution >= 0.6 is 11.6 Å². The summed E-state index contributed by atoms with van der Waals surface area (Å²) in [4.78, 5) is 15.3. The zero-order valence-electron chi connectivity index (χ0n) is 22.4. The summed E-state index contributed by atoms with van der Waals surface area (Å²) in [6, 6.07) is 10.0. The molecular weight excluding hydrogens is 546 g/mol. The van der Waals surface area contributed by atoms with Crippen LogP contribution in [-0.4, -0.2) is 83.2 Å². The Morgan fingerprint density at radius 3 is 2.18 bits per heavy atom. The van der Waals surface area contributed by atoms with Crippen LogP contribution < -0.4 is 30.0 Å². The van der Waals surface area contributed by atoms with Crippen LogP contribution in [0, 0.1) is 5.92 Å². The van der Waals surface area contributed by atoms with Crippen molar-refractivity contribution < 1.29 is 27.4 Å². The third-order valence-corrected chi connectivity index (χ3v) is 8.68. The van der Waals surface area contributed by atoms with Gasteiger partial charge in [-0.15, -0.1) is 0 Å². The number of likely N-dealkylation sites (tertiary alicyclic amines) is 1. The molecule has 2 amide bonds. The normalized spacial score (nSPS) is 20.9. The minimum absolute atomic E-state index is 0.0941. The van der Waals surface area contributed by atoms with Crippen molar-refractivity contribution in [3.63, 3.8) is 0 Å². The van der Waals surface area contributed by atoms with Crippen molar-refractivity contribution in [3.8, 4) is 17.2 Å². The fourth-order valence-electron chi connectivity index (χ4n) is 5.40. The summed E-state index contributed by atoms with van der Waals surface area (Å²) in [6.45, 7) is 1.91. The Morgan fingerprint density at radius 1 is 1.03 bits per heavy atom. The first-order chi connectivity index (χ1) is 18.6. The lowest BCUT2D eigenvalue weighted by molar-refractivity contribution is 0.125. The van der Waals surface area contributed by atoms with Gasteiger partial charge in [0.25, 0.3) is 10.2 Å². The number of urea groups is 1. The van der Waals surface area contributed by atoms with Crippen molar-refractivity contribution in [2.45, 2.75) is 31.3 Å². The molecule has 39 heavy (non-hydrogen) atoms. The number of nitrogens with one attached hydrogen (secondary N) is 2. The van der Waals surface area contributed by atoms with Gasteiger partial charge in [-0.05, 0) is 56.0 Å². The van der Waals surface area contributed by atoms with Gasteiger partial charge in [-0.3, -0.25) is 4.90 Å². The van der Waals surface area contributed by atoms with Gasteiger partial charge in [-0.1, -0.05) is 23.7 Å². The van der Waals surface area contributed by atoms with Crippen LogP contribution in [0.5, 0.6) is 17.2 Å². The van der Waals surface area contributed by atoms with E-state index in [0.29, 0.717) is 28.9 Å². The number of amides is 2. The highest BCUT2D eigenvalue weighted by Gasteiger charge is 2.42. The van der Waals surface area contributed by atoms with Crippen LogP contribution in [0.25, 0.3) is 0 Å². The number of hydrogen-bond acceptors (Lipinski definition) is 7. The maximum Gasteiger partial charge on any atom is 0.319 e. The summed E-state index contributed by atoms with van der Waals surface area (Å²) in [5.74, 6) is 1.72. The van der Waals surface area contributed by atoms with Gasteiger partial charge in [-0.2, -0.15) is 12.7 Å². The maximum absolute atomic E-state index is 13.0. The Kier molecular flexibility index (Phi) is 9.44. The van der Waals surface area contributed by atoms with Gasteiger partial charge in [0.2, 0.25) is 5.75 Å². The Balaban J connectivity index is 1.42. The number of rotatable bonds is 9. The monoisotopic (exact) mass is 581 g/mol. The van der Waals surface area contributed by atoms with Crippen LogP contribution in [0.15, 0.2) is 36.4 Å². The number of carbonyl (C=O) groups is 1. The predicted octanol–water partition coefficient (Wildman–Crippen LogP) is 2.70. The average Bonchev–Trinajstić information content (AvgIpc) is 3.34. The van der Waals surface area contributed by atoms with Crippen molar-refractivity contribution in [2.24, 2.45) is 11.1 Å². The van der Waals surface area contributed by atoms with Crippen molar-refractivity contribution >= 4 is 33.5 Å². The van der Waals surface area contributed by atoms with E-state index >= 15 is 0 Å². The Bertz CT molecular complexity index is 1230. The predicted molar refractivity (Wildman–Crippen MR) is 150 cm³/mol. The quantitative estimate of drug-likeness (QED) is 0.414. The Morgan fingerprint density at radius 2 is 1.64 bits per heavy atom. The first kappa shape index (κ1) is 29.2. The number of nitrogens with zero attached hydrogens (tertiary/aromatic N) is 2. The molecule has 2 aromatic rings. The molecule has 2 saturated heterocycles. The summed E-state index contributed by atoms with van der Waals surface area (Å²) in [6.07, 6.45) is 2.91. The third kappa shape index (κ3) is 7.25. The van der Waals surface area contributed by atoms with Crippen molar-refractivity contribution in [1.82, 2.24) is 14.5 Å². The molecule has 11 nitrogen and oxygen atoms in total. The van der Waals surface area contributed by atoms with Crippen molar-refractivity contribution in [3.05, 3.63) is 47.0 Å². The number of methoxy groups -OCH3 is 3. The average molecular weight is 582 g/mol. The fourth-order valence-corrected chi connectivity index (χ4v) is 6.26. The molecule has 0 radical (unpaired) electrons. The molecule has 2 atom stereocenters. The molecule has 4 N–H and O–H groups in total. The molecule has 0 spiro atoms. The minimum Gasteiger partial charge on any atom is -0.493 e. The third-order valence-electron chi connectivity index (χ3n) is 7.41. The number of hydrogen-bond donors (Lipinski definition) is 3. The zero-order chi connectivity index (χ0) is 28.2. The van der Waals surface area contributed by atoms with Crippen LogP contribution in [0.3, 0.4) is 0 Å². The molecule has 2 aromatic carbocycles. The van der Waals surface area contributed by atoms with Gasteiger partial charge >= 0.3 is 6.03 Å². The van der Waals surface area contributed by atoms with Gasteiger partial charge in [0.05, 0.1) is 33.1 Å². The highest BCUT2D eigenvalue weighted by atomic mass is 35.5. The SMILES string of the molecule is COc1cc(NC(=O)NC2CN(S(N)(=O)=O)CC2N2CCC(Cc3ccc(Cl)cc3)CC2)cc(OC)c1OC. The second-order valence-electron chi connectivity index (χ2n) is 9.86. The summed E-state index contributed by atoms with van der Waals surface area (Å²) < 4.78 is 41.6. The minimum atomic E-state index is -3.91. The zero-order valence-corrected chi connectivity index (χ0v) is 23.9. The lowest BCUT2D eigenvalue weighted by Gasteiger charge is -2.38. The second kappa shape index (κ2) is 12.6. The van der Waals surface area contributed by atoms with Crippen LogP contribution in [-0.2, 0) is 16.6 Å². The number of ether oxygens (including phenoxy) is 3. The van der Waals surface area contributed by atoms with E-state index in [1.807, 2.05) is 12.1 Å². The van der Waals surface area contributed by atoms with E-state index in [1.54, 1.807) is 12.1 Å². The number of benzene rings is 2. The molecule has 0 saturated carbocycles. The molecule has 4 rings (SSSR count). The van der Waals surface area contributed by atoms with Gasteiger partial charge in [0, 0.05) is 36.3 Å². The van der Waals surface area contributed by atoms with E-state index in [2.05, 4.69) is 27.7 Å². The summed E-state index contributed by atoms with van der Waals surface area (Å²) in [5.41, 5.74) is 1.69. The van der Waals surface area contributed by atoms with E-state index < -0.39 is 22.3 Å². The van der Waals surface area contributed by atoms with E-state index in [1.165, 1.54) is 31.2 Å².